The van der Waals surface area contributed by atoms with Gasteiger partial charge in [-0.2, -0.15) is 8.78 Å². The molecule has 1 aromatic carbocycles. The molecule has 1 aromatic heterocycles. The molecule has 0 spiro atoms. The lowest BCUT2D eigenvalue weighted by atomic mass is 10.00. The second kappa shape index (κ2) is 8.22. The van der Waals surface area contributed by atoms with Crippen LogP contribution in [0.1, 0.15) is 29.0 Å². The largest absolute Gasteiger partial charge is 0.435 e. The van der Waals surface area contributed by atoms with Crippen molar-refractivity contribution >= 4 is 5.91 Å². The molecule has 0 bridgehead atoms. The molecule has 2 heterocycles. The third-order valence-corrected chi connectivity index (χ3v) is 4.37. The third-order valence-electron chi connectivity index (χ3n) is 4.37. The molecule has 9 heteroatoms. The van der Waals surface area contributed by atoms with E-state index in [0.29, 0.717) is 23.8 Å². The summed E-state index contributed by atoms with van der Waals surface area (Å²) in [6.45, 7) is 1.39. The minimum absolute atomic E-state index is 0.0561. The molecule has 2 N–H and O–H groups in total. The summed E-state index contributed by atoms with van der Waals surface area (Å²) in [7, 11) is 0. The molecular weight excluding hydrogens is 344 g/mol. The summed E-state index contributed by atoms with van der Waals surface area (Å²) in [5.41, 5.74) is 1.43. The molecule has 0 saturated carbocycles. The average Bonchev–Trinajstić information content (AvgIpc) is 3.02. The van der Waals surface area contributed by atoms with Gasteiger partial charge in [-0.3, -0.25) is 4.79 Å². The predicted octanol–water partition coefficient (Wildman–Crippen LogP) is 1.91. The number of carbonyl (C=O) groups is 1. The van der Waals surface area contributed by atoms with Crippen molar-refractivity contribution in [2.75, 3.05) is 19.6 Å². The van der Waals surface area contributed by atoms with Crippen LogP contribution in [0, 0.1) is 12.8 Å². The Hall–Kier alpha value is -2.55. The Kier molecular flexibility index (Phi) is 5.77. The Labute approximate surface area is 149 Å². The van der Waals surface area contributed by atoms with E-state index in [2.05, 4.69) is 25.7 Å². The fourth-order valence-electron chi connectivity index (χ4n) is 2.97. The maximum absolute atomic E-state index is 12.4. The lowest BCUT2D eigenvalue weighted by Gasteiger charge is -2.22. The van der Waals surface area contributed by atoms with E-state index in [1.165, 1.54) is 16.8 Å². The summed E-state index contributed by atoms with van der Waals surface area (Å²) in [4.78, 5) is 12.4. The highest BCUT2D eigenvalue weighted by Crippen LogP contribution is 2.18. The molecule has 7 nitrogen and oxygen atoms in total. The Morgan fingerprint density at radius 3 is 2.85 bits per heavy atom. The van der Waals surface area contributed by atoms with E-state index in [1.807, 2.05) is 0 Å². The smallest absolute Gasteiger partial charge is 0.387 e. The van der Waals surface area contributed by atoms with Crippen molar-refractivity contribution in [2.45, 2.75) is 26.4 Å². The number of halogens is 2. The topological polar surface area (TPSA) is 81.1 Å². The molecule has 2 aromatic rings. The standard InChI is InChI=1S/C17H21F2N5O2/c1-11-15(16(25)21-10-12-3-2-8-20-9-12)22-23-24(11)13-4-6-14(7-5-13)26-17(18)19/h4-7,12,17,20H,2-3,8-10H2,1H3,(H,21,25). The van der Waals surface area contributed by atoms with E-state index in [4.69, 9.17) is 0 Å². The number of rotatable bonds is 6. The quantitative estimate of drug-likeness (QED) is 0.817. The van der Waals surface area contributed by atoms with Crippen LogP contribution in [-0.4, -0.2) is 47.1 Å². The lowest BCUT2D eigenvalue weighted by molar-refractivity contribution is -0.0498. The highest BCUT2D eigenvalue weighted by molar-refractivity contribution is 5.93. The van der Waals surface area contributed by atoms with Gasteiger partial charge in [0.15, 0.2) is 5.69 Å². The van der Waals surface area contributed by atoms with Crippen molar-refractivity contribution < 1.29 is 18.3 Å². The Morgan fingerprint density at radius 1 is 1.42 bits per heavy atom. The summed E-state index contributed by atoms with van der Waals surface area (Å²) in [6.07, 6.45) is 2.20. The van der Waals surface area contributed by atoms with Gasteiger partial charge in [0.1, 0.15) is 5.75 Å². The second-order valence-electron chi connectivity index (χ2n) is 6.23. The molecule has 1 amide bonds. The van der Waals surface area contributed by atoms with E-state index in [9.17, 15) is 13.6 Å². The first kappa shape index (κ1) is 18.2. The van der Waals surface area contributed by atoms with Gasteiger partial charge in [-0.25, -0.2) is 4.68 Å². The van der Waals surface area contributed by atoms with Crippen LogP contribution in [0.25, 0.3) is 5.69 Å². The van der Waals surface area contributed by atoms with Gasteiger partial charge < -0.3 is 15.4 Å². The van der Waals surface area contributed by atoms with E-state index >= 15 is 0 Å². The predicted molar refractivity (Wildman–Crippen MR) is 90.7 cm³/mol. The van der Waals surface area contributed by atoms with E-state index < -0.39 is 6.61 Å². The minimum Gasteiger partial charge on any atom is -0.435 e. The number of nitrogens with zero attached hydrogens (tertiary/aromatic N) is 3. The summed E-state index contributed by atoms with van der Waals surface area (Å²) in [5, 5.41) is 14.2. The lowest BCUT2D eigenvalue weighted by Crippen LogP contribution is -2.38. The molecule has 140 valence electrons. The Morgan fingerprint density at radius 2 is 2.19 bits per heavy atom. The highest BCUT2D eigenvalue weighted by atomic mass is 19.3. The summed E-state index contributed by atoms with van der Waals surface area (Å²) >= 11 is 0. The van der Waals surface area contributed by atoms with Crippen LogP contribution in [0.2, 0.25) is 0 Å². The molecule has 3 rings (SSSR count). The highest BCUT2D eigenvalue weighted by Gasteiger charge is 2.19. The van der Waals surface area contributed by atoms with Crippen molar-refractivity contribution in [2.24, 2.45) is 5.92 Å². The van der Waals surface area contributed by atoms with Gasteiger partial charge in [-0.05, 0) is 63.0 Å². The number of hydrogen-bond acceptors (Lipinski definition) is 5. The van der Waals surface area contributed by atoms with Gasteiger partial charge in [0.25, 0.3) is 5.91 Å². The molecule has 1 aliphatic rings. The number of benzene rings is 1. The minimum atomic E-state index is -2.87. The molecule has 0 radical (unpaired) electrons. The van der Waals surface area contributed by atoms with Gasteiger partial charge in [0, 0.05) is 6.54 Å². The van der Waals surface area contributed by atoms with Gasteiger partial charge in [0.2, 0.25) is 0 Å². The first-order valence-corrected chi connectivity index (χ1v) is 8.51. The number of aromatic nitrogens is 3. The number of ether oxygens (including phenoxy) is 1. The van der Waals surface area contributed by atoms with Crippen LogP contribution in [0.4, 0.5) is 8.78 Å². The normalized spacial score (nSPS) is 17.3. The number of amides is 1. The van der Waals surface area contributed by atoms with Crippen LogP contribution in [-0.2, 0) is 0 Å². The van der Waals surface area contributed by atoms with Gasteiger partial charge in [0.05, 0.1) is 11.4 Å². The van der Waals surface area contributed by atoms with Crippen LogP contribution in [0.3, 0.4) is 0 Å². The number of nitrogens with one attached hydrogen (secondary N) is 2. The molecule has 0 aliphatic carbocycles. The van der Waals surface area contributed by atoms with Crippen molar-refractivity contribution in [3.63, 3.8) is 0 Å². The number of piperidine rings is 1. The maximum atomic E-state index is 12.4. The van der Waals surface area contributed by atoms with Crippen molar-refractivity contribution in [1.82, 2.24) is 25.6 Å². The van der Waals surface area contributed by atoms with Crippen LogP contribution >= 0.6 is 0 Å². The molecule has 1 unspecified atom stereocenters. The van der Waals surface area contributed by atoms with Gasteiger partial charge >= 0.3 is 6.61 Å². The van der Waals surface area contributed by atoms with Crippen LogP contribution in [0.15, 0.2) is 24.3 Å². The van der Waals surface area contributed by atoms with Crippen molar-refractivity contribution in [3.8, 4) is 11.4 Å². The number of alkyl halides is 2. The SMILES string of the molecule is Cc1c(C(=O)NCC2CCCNC2)nnn1-c1ccc(OC(F)F)cc1. The Balaban J connectivity index is 1.65. The molecular formula is C17H21F2N5O2. The second-order valence-corrected chi connectivity index (χ2v) is 6.23. The summed E-state index contributed by atoms with van der Waals surface area (Å²) in [6, 6.07) is 5.99. The average molecular weight is 365 g/mol. The van der Waals surface area contributed by atoms with Gasteiger partial charge in [-0.1, -0.05) is 5.21 Å². The fraction of sp³-hybridized carbons (Fsp3) is 0.471. The first-order chi connectivity index (χ1) is 12.5. The summed E-state index contributed by atoms with van der Waals surface area (Å²) < 4.78 is 30.2. The first-order valence-electron chi connectivity index (χ1n) is 8.51. The molecule has 26 heavy (non-hydrogen) atoms. The third kappa shape index (κ3) is 4.34. The molecule has 1 atom stereocenters. The zero-order valence-electron chi connectivity index (χ0n) is 14.4. The number of hydrogen-bond donors (Lipinski definition) is 2. The summed E-state index contributed by atoms with van der Waals surface area (Å²) in [5.74, 6) is 0.211. The fourth-order valence-corrected chi connectivity index (χ4v) is 2.97. The van der Waals surface area contributed by atoms with E-state index in [-0.39, 0.29) is 17.4 Å². The zero-order chi connectivity index (χ0) is 18.5. The zero-order valence-corrected chi connectivity index (χ0v) is 14.4. The van der Waals surface area contributed by atoms with Gasteiger partial charge in [-0.15, -0.1) is 5.10 Å². The number of carbonyl (C=O) groups excluding carboxylic acids is 1. The molecule has 1 aliphatic heterocycles. The molecule has 1 saturated heterocycles. The van der Waals surface area contributed by atoms with E-state index in [0.717, 1.165) is 25.9 Å². The monoisotopic (exact) mass is 365 g/mol. The Bertz CT molecular complexity index is 742. The molecule has 1 fully saturated rings. The maximum Gasteiger partial charge on any atom is 0.387 e. The van der Waals surface area contributed by atoms with E-state index in [1.54, 1.807) is 19.1 Å². The van der Waals surface area contributed by atoms with Crippen LogP contribution in [0.5, 0.6) is 5.75 Å². The van der Waals surface area contributed by atoms with Crippen molar-refractivity contribution in [1.29, 1.82) is 0 Å². The van der Waals surface area contributed by atoms with Crippen LogP contribution < -0.4 is 15.4 Å². The van der Waals surface area contributed by atoms with Crippen molar-refractivity contribution in [3.05, 3.63) is 35.7 Å².